The average molecular weight is 211 g/mol. The van der Waals surface area contributed by atoms with Crippen LogP contribution in [0.4, 0.5) is 0 Å². The van der Waals surface area contributed by atoms with E-state index in [2.05, 4.69) is 4.90 Å². The number of aliphatic carboxylic acids is 1. The lowest BCUT2D eigenvalue weighted by molar-refractivity contribution is -0.141. The third-order valence-corrected chi connectivity index (χ3v) is 4.06. The lowest BCUT2D eigenvalue weighted by Crippen LogP contribution is -2.38. The number of carbonyl (C=O) groups is 1. The zero-order valence-electron chi connectivity index (χ0n) is 9.48. The van der Waals surface area contributed by atoms with Gasteiger partial charge in [-0.2, -0.15) is 0 Å². The van der Waals surface area contributed by atoms with E-state index in [0.29, 0.717) is 6.04 Å². The van der Waals surface area contributed by atoms with E-state index in [0.717, 1.165) is 19.0 Å². The van der Waals surface area contributed by atoms with Gasteiger partial charge in [0.1, 0.15) is 0 Å². The van der Waals surface area contributed by atoms with Crippen molar-refractivity contribution in [1.82, 2.24) is 4.90 Å². The molecule has 1 heterocycles. The Bertz CT molecular complexity index is 242. The van der Waals surface area contributed by atoms with Gasteiger partial charge in [-0.15, -0.1) is 0 Å². The van der Waals surface area contributed by atoms with E-state index in [1.807, 2.05) is 6.92 Å². The highest BCUT2D eigenvalue weighted by Crippen LogP contribution is 2.36. The number of rotatable bonds is 3. The Morgan fingerprint density at radius 1 is 1.40 bits per heavy atom. The fourth-order valence-electron chi connectivity index (χ4n) is 3.16. The normalized spacial score (nSPS) is 33.7. The molecule has 2 fully saturated rings. The van der Waals surface area contributed by atoms with Gasteiger partial charge in [-0.3, -0.25) is 9.69 Å². The highest BCUT2D eigenvalue weighted by molar-refractivity contribution is 5.69. The molecule has 3 unspecified atom stereocenters. The maximum Gasteiger partial charge on any atom is 0.307 e. The van der Waals surface area contributed by atoms with Crippen LogP contribution in [0.5, 0.6) is 0 Å². The molecule has 0 amide bonds. The highest BCUT2D eigenvalue weighted by atomic mass is 16.4. The molecule has 0 aromatic carbocycles. The lowest BCUT2D eigenvalue weighted by atomic mass is 9.85. The molecular weight excluding hydrogens is 190 g/mol. The van der Waals surface area contributed by atoms with Crippen LogP contribution in [0.3, 0.4) is 0 Å². The van der Waals surface area contributed by atoms with Crippen LogP contribution in [-0.2, 0) is 4.79 Å². The number of fused-ring (bicyclic) bond motifs is 1. The van der Waals surface area contributed by atoms with Gasteiger partial charge in [-0.25, -0.2) is 0 Å². The van der Waals surface area contributed by atoms with Gasteiger partial charge in [0, 0.05) is 12.6 Å². The number of hydrogen-bond donors (Lipinski definition) is 1. The van der Waals surface area contributed by atoms with Crippen LogP contribution in [0.15, 0.2) is 0 Å². The fraction of sp³-hybridized carbons (Fsp3) is 0.917. The molecule has 1 N–H and O–H groups in total. The van der Waals surface area contributed by atoms with Crippen LogP contribution in [-0.4, -0.2) is 35.1 Å². The minimum atomic E-state index is -0.658. The molecule has 1 saturated carbocycles. The van der Waals surface area contributed by atoms with Gasteiger partial charge in [0.15, 0.2) is 0 Å². The van der Waals surface area contributed by atoms with Gasteiger partial charge in [-0.1, -0.05) is 19.8 Å². The number of hydrogen-bond acceptors (Lipinski definition) is 2. The van der Waals surface area contributed by atoms with Crippen LogP contribution < -0.4 is 0 Å². The molecular formula is C12H21NO2. The summed E-state index contributed by atoms with van der Waals surface area (Å²) in [6, 6.07) is 0.695. The van der Waals surface area contributed by atoms with Gasteiger partial charge >= 0.3 is 5.97 Å². The molecule has 0 aromatic heterocycles. The van der Waals surface area contributed by atoms with Gasteiger partial charge in [-0.05, 0) is 31.7 Å². The first-order valence-corrected chi connectivity index (χ1v) is 6.15. The van der Waals surface area contributed by atoms with Gasteiger partial charge in [0.2, 0.25) is 0 Å². The summed E-state index contributed by atoms with van der Waals surface area (Å²) < 4.78 is 0. The molecule has 86 valence electrons. The monoisotopic (exact) mass is 211 g/mol. The average Bonchev–Trinajstić information content (AvgIpc) is 2.62. The topological polar surface area (TPSA) is 40.5 Å². The summed E-state index contributed by atoms with van der Waals surface area (Å²) >= 11 is 0. The van der Waals surface area contributed by atoms with Crippen molar-refractivity contribution in [3.05, 3.63) is 0 Å². The Morgan fingerprint density at radius 2 is 2.13 bits per heavy atom. The predicted octanol–water partition coefficient (Wildman–Crippen LogP) is 1.97. The highest BCUT2D eigenvalue weighted by Gasteiger charge is 2.36. The minimum absolute atomic E-state index is 0.217. The fourth-order valence-corrected chi connectivity index (χ4v) is 3.16. The van der Waals surface area contributed by atoms with Crippen molar-refractivity contribution in [2.45, 2.75) is 45.1 Å². The van der Waals surface area contributed by atoms with Crippen LogP contribution in [0.25, 0.3) is 0 Å². The Hall–Kier alpha value is -0.570. The molecule has 0 spiro atoms. The summed E-state index contributed by atoms with van der Waals surface area (Å²) in [5, 5.41) is 8.91. The molecule has 15 heavy (non-hydrogen) atoms. The second kappa shape index (κ2) is 4.52. The second-order valence-electron chi connectivity index (χ2n) is 5.13. The molecule has 2 aliphatic rings. The summed E-state index contributed by atoms with van der Waals surface area (Å²) in [6.07, 6.45) is 6.65. The molecule has 0 radical (unpaired) electrons. The van der Waals surface area contributed by atoms with Crippen molar-refractivity contribution in [3.8, 4) is 0 Å². The Balaban J connectivity index is 1.90. The molecule has 3 atom stereocenters. The third kappa shape index (κ3) is 2.33. The molecule has 1 aliphatic heterocycles. The maximum atomic E-state index is 10.8. The second-order valence-corrected chi connectivity index (χ2v) is 5.13. The van der Waals surface area contributed by atoms with E-state index in [1.165, 1.54) is 32.1 Å². The third-order valence-electron chi connectivity index (χ3n) is 4.06. The van der Waals surface area contributed by atoms with Crippen LogP contribution >= 0.6 is 0 Å². The molecule has 3 nitrogen and oxygen atoms in total. The zero-order chi connectivity index (χ0) is 10.8. The summed E-state index contributed by atoms with van der Waals surface area (Å²) in [7, 11) is 0. The largest absolute Gasteiger partial charge is 0.481 e. The van der Waals surface area contributed by atoms with E-state index in [9.17, 15) is 4.79 Å². The number of nitrogens with zero attached hydrogens (tertiary/aromatic N) is 1. The van der Waals surface area contributed by atoms with E-state index < -0.39 is 5.97 Å². The van der Waals surface area contributed by atoms with Gasteiger partial charge in [0.25, 0.3) is 0 Å². The smallest absolute Gasteiger partial charge is 0.307 e. The van der Waals surface area contributed by atoms with Crippen molar-refractivity contribution in [3.63, 3.8) is 0 Å². The predicted molar refractivity (Wildman–Crippen MR) is 58.7 cm³/mol. The number of likely N-dealkylation sites (tertiary alicyclic amines) is 1. The first-order chi connectivity index (χ1) is 7.18. The molecule has 0 bridgehead atoms. The lowest BCUT2D eigenvalue weighted by Gasteiger charge is -2.32. The van der Waals surface area contributed by atoms with Crippen LogP contribution in [0, 0.1) is 11.8 Å². The molecule has 0 aromatic rings. The van der Waals surface area contributed by atoms with Gasteiger partial charge < -0.3 is 5.11 Å². The van der Waals surface area contributed by atoms with E-state index in [4.69, 9.17) is 5.11 Å². The summed E-state index contributed by atoms with van der Waals surface area (Å²) in [6.45, 7) is 3.68. The first-order valence-electron chi connectivity index (χ1n) is 6.15. The Labute approximate surface area is 91.5 Å². The molecule has 1 saturated heterocycles. The summed E-state index contributed by atoms with van der Waals surface area (Å²) in [5.74, 6) is -0.0142. The molecule has 2 rings (SSSR count). The summed E-state index contributed by atoms with van der Waals surface area (Å²) in [4.78, 5) is 13.2. The van der Waals surface area contributed by atoms with Crippen LogP contribution in [0.1, 0.15) is 39.0 Å². The number of carboxylic acid groups (broad SMARTS) is 1. The van der Waals surface area contributed by atoms with E-state index >= 15 is 0 Å². The minimum Gasteiger partial charge on any atom is -0.481 e. The molecule has 3 heteroatoms. The van der Waals surface area contributed by atoms with E-state index in [-0.39, 0.29) is 5.92 Å². The van der Waals surface area contributed by atoms with Crippen molar-refractivity contribution >= 4 is 5.97 Å². The number of carboxylic acids is 1. The van der Waals surface area contributed by atoms with Crippen molar-refractivity contribution in [2.24, 2.45) is 11.8 Å². The maximum absolute atomic E-state index is 10.8. The van der Waals surface area contributed by atoms with Crippen molar-refractivity contribution in [1.29, 1.82) is 0 Å². The van der Waals surface area contributed by atoms with Gasteiger partial charge in [0.05, 0.1) is 5.92 Å². The Kier molecular flexibility index (Phi) is 3.29. The van der Waals surface area contributed by atoms with Crippen molar-refractivity contribution < 1.29 is 9.90 Å². The standard InChI is InChI=1S/C12H21NO2/c1-9(12(14)15)8-13-7-6-10-4-2-3-5-11(10)13/h9-11H,2-8H2,1H3,(H,14,15). The first kappa shape index (κ1) is 10.9. The molecule has 1 aliphatic carbocycles. The zero-order valence-corrected chi connectivity index (χ0v) is 9.48. The summed E-state index contributed by atoms with van der Waals surface area (Å²) in [5.41, 5.74) is 0. The van der Waals surface area contributed by atoms with E-state index in [1.54, 1.807) is 0 Å². The Morgan fingerprint density at radius 3 is 2.87 bits per heavy atom. The van der Waals surface area contributed by atoms with Crippen LogP contribution in [0.2, 0.25) is 0 Å². The quantitative estimate of drug-likeness (QED) is 0.776. The SMILES string of the molecule is CC(CN1CCC2CCCCC21)C(=O)O. The van der Waals surface area contributed by atoms with Crippen molar-refractivity contribution in [2.75, 3.05) is 13.1 Å².